The van der Waals surface area contributed by atoms with E-state index in [-0.39, 0.29) is 12.3 Å². The maximum absolute atomic E-state index is 12.2. The molecule has 0 fully saturated rings. The third-order valence-corrected chi connectivity index (χ3v) is 3.50. The number of carbonyl (C=O) groups is 1. The van der Waals surface area contributed by atoms with E-state index < -0.39 is 0 Å². The fraction of sp³-hybridized carbons (Fsp3) is 0.231. The van der Waals surface area contributed by atoms with E-state index in [2.05, 4.69) is 4.98 Å². The molecule has 0 atom stereocenters. The van der Waals surface area contributed by atoms with Crippen molar-refractivity contribution in [3.8, 4) is 0 Å². The van der Waals surface area contributed by atoms with Gasteiger partial charge in [0.05, 0.1) is 16.6 Å². The minimum Gasteiger partial charge on any atom is -0.327 e. The van der Waals surface area contributed by atoms with Crippen molar-refractivity contribution in [2.24, 2.45) is 0 Å². The Balaban J connectivity index is 2.25. The molecule has 0 saturated carbocycles. The molecule has 0 N–H and O–H groups in total. The van der Waals surface area contributed by atoms with Crippen molar-refractivity contribution >= 4 is 29.0 Å². The maximum Gasteiger partial charge on any atom is 0.184 e. The molecule has 0 aliphatic carbocycles. The number of carbonyl (C=O) groups excluding carboxylic acids is 1. The Morgan fingerprint density at radius 1 is 1.39 bits per heavy atom. The largest absolute Gasteiger partial charge is 0.327 e. The Bertz CT molecular complexity index is 578. The second-order valence-corrected chi connectivity index (χ2v) is 4.63. The van der Waals surface area contributed by atoms with Gasteiger partial charge in [0.1, 0.15) is 5.82 Å². The minimum absolute atomic E-state index is 0.0739. The molecule has 94 valence electrons. The topological polar surface area (TPSA) is 34.9 Å². The number of benzene rings is 1. The molecule has 0 aliphatic heterocycles. The van der Waals surface area contributed by atoms with Crippen LogP contribution in [0, 0.1) is 0 Å². The van der Waals surface area contributed by atoms with Crippen LogP contribution < -0.4 is 0 Å². The highest BCUT2D eigenvalue weighted by Gasteiger charge is 2.14. The van der Waals surface area contributed by atoms with Crippen LogP contribution in [0.4, 0.5) is 0 Å². The predicted molar refractivity (Wildman–Crippen MR) is 72.4 cm³/mol. The highest BCUT2D eigenvalue weighted by molar-refractivity contribution is 6.43. The lowest BCUT2D eigenvalue weighted by Crippen LogP contribution is -2.12. The molecule has 0 amide bonds. The Labute approximate surface area is 115 Å². The monoisotopic (exact) mass is 282 g/mol. The normalized spacial score (nSPS) is 10.6. The molecule has 0 saturated heterocycles. The first-order chi connectivity index (χ1) is 8.63. The van der Waals surface area contributed by atoms with Gasteiger partial charge in [0.25, 0.3) is 0 Å². The minimum atomic E-state index is -0.0739. The van der Waals surface area contributed by atoms with Crippen LogP contribution in [-0.2, 0) is 13.0 Å². The SMILES string of the molecule is CCc1nccn1CC(=O)c1cccc(Cl)c1Cl. The molecule has 0 spiro atoms. The molecular weight excluding hydrogens is 271 g/mol. The molecule has 1 heterocycles. The van der Waals surface area contributed by atoms with Crippen LogP contribution >= 0.6 is 23.2 Å². The molecule has 2 aromatic rings. The van der Waals surface area contributed by atoms with E-state index in [9.17, 15) is 4.79 Å². The van der Waals surface area contributed by atoms with Crippen LogP contribution in [0.3, 0.4) is 0 Å². The molecule has 1 aromatic carbocycles. The van der Waals surface area contributed by atoms with E-state index in [1.165, 1.54) is 0 Å². The smallest absolute Gasteiger partial charge is 0.184 e. The number of nitrogens with zero attached hydrogens (tertiary/aromatic N) is 2. The molecule has 0 aliphatic rings. The summed E-state index contributed by atoms with van der Waals surface area (Å²) in [5, 5.41) is 0.700. The number of aromatic nitrogens is 2. The second-order valence-electron chi connectivity index (χ2n) is 3.85. The van der Waals surface area contributed by atoms with Gasteiger partial charge in [-0.25, -0.2) is 4.98 Å². The van der Waals surface area contributed by atoms with Crippen LogP contribution in [0.25, 0.3) is 0 Å². The molecule has 18 heavy (non-hydrogen) atoms. The summed E-state index contributed by atoms with van der Waals surface area (Å²) in [6, 6.07) is 5.06. The fourth-order valence-corrected chi connectivity index (χ4v) is 2.16. The molecule has 3 nitrogen and oxygen atoms in total. The highest BCUT2D eigenvalue weighted by atomic mass is 35.5. The number of halogens is 2. The summed E-state index contributed by atoms with van der Waals surface area (Å²) in [7, 11) is 0. The average molecular weight is 283 g/mol. The lowest BCUT2D eigenvalue weighted by atomic mass is 10.1. The summed E-state index contributed by atoms with van der Waals surface area (Å²) in [5.41, 5.74) is 0.444. The number of Topliss-reactive ketones (excluding diaryl/α,β-unsaturated/α-hetero) is 1. The molecule has 2 rings (SSSR count). The zero-order valence-corrected chi connectivity index (χ0v) is 11.4. The lowest BCUT2D eigenvalue weighted by Gasteiger charge is -2.07. The van der Waals surface area contributed by atoms with Crippen molar-refractivity contribution in [1.82, 2.24) is 9.55 Å². The van der Waals surface area contributed by atoms with Crippen LogP contribution in [0.15, 0.2) is 30.6 Å². The van der Waals surface area contributed by atoms with Gasteiger partial charge < -0.3 is 4.57 Å². The third-order valence-electron chi connectivity index (χ3n) is 2.68. The number of hydrogen-bond donors (Lipinski definition) is 0. The van der Waals surface area contributed by atoms with E-state index in [1.54, 1.807) is 30.6 Å². The van der Waals surface area contributed by atoms with Crippen molar-refractivity contribution < 1.29 is 4.79 Å². The van der Waals surface area contributed by atoms with Crippen LogP contribution in [-0.4, -0.2) is 15.3 Å². The van der Waals surface area contributed by atoms with Crippen molar-refractivity contribution in [1.29, 1.82) is 0 Å². The molecule has 0 unspecified atom stereocenters. The Morgan fingerprint density at radius 2 is 2.17 bits per heavy atom. The summed E-state index contributed by atoms with van der Waals surface area (Å²) < 4.78 is 1.82. The van der Waals surface area contributed by atoms with Gasteiger partial charge in [-0.1, -0.05) is 36.2 Å². The van der Waals surface area contributed by atoms with E-state index in [0.717, 1.165) is 12.2 Å². The quantitative estimate of drug-likeness (QED) is 0.803. The molecular formula is C13H12Cl2N2O. The predicted octanol–water partition coefficient (Wildman–Crippen LogP) is 3.64. The first-order valence-corrected chi connectivity index (χ1v) is 6.36. The highest BCUT2D eigenvalue weighted by Crippen LogP contribution is 2.26. The summed E-state index contributed by atoms with van der Waals surface area (Å²) >= 11 is 11.9. The zero-order valence-electron chi connectivity index (χ0n) is 9.86. The standard InChI is InChI=1S/C13H12Cl2N2O/c1-2-12-16-6-7-17(12)8-11(18)9-4-3-5-10(14)13(9)15/h3-7H,2,8H2,1H3. The van der Waals surface area contributed by atoms with E-state index in [0.29, 0.717) is 15.6 Å². The molecule has 5 heteroatoms. The van der Waals surface area contributed by atoms with Crippen molar-refractivity contribution in [3.05, 3.63) is 52.0 Å². The van der Waals surface area contributed by atoms with E-state index in [4.69, 9.17) is 23.2 Å². The summed E-state index contributed by atoms with van der Waals surface area (Å²) in [6.07, 6.45) is 4.25. The molecule has 0 bridgehead atoms. The first kappa shape index (κ1) is 13.1. The summed E-state index contributed by atoms with van der Waals surface area (Å²) in [4.78, 5) is 16.3. The van der Waals surface area contributed by atoms with Gasteiger partial charge in [-0.2, -0.15) is 0 Å². The Kier molecular flexibility index (Phi) is 4.04. The Morgan fingerprint density at radius 3 is 2.89 bits per heavy atom. The fourth-order valence-electron chi connectivity index (χ4n) is 1.76. The van der Waals surface area contributed by atoms with Crippen LogP contribution in [0.2, 0.25) is 10.0 Å². The number of imidazole rings is 1. The van der Waals surface area contributed by atoms with Crippen LogP contribution in [0.1, 0.15) is 23.1 Å². The summed E-state index contributed by atoms with van der Waals surface area (Å²) in [5.74, 6) is 0.803. The van der Waals surface area contributed by atoms with E-state index in [1.807, 2.05) is 11.5 Å². The molecule has 0 radical (unpaired) electrons. The van der Waals surface area contributed by atoms with Crippen molar-refractivity contribution in [2.75, 3.05) is 0 Å². The van der Waals surface area contributed by atoms with Crippen LogP contribution in [0.5, 0.6) is 0 Å². The molecule has 1 aromatic heterocycles. The number of rotatable bonds is 4. The van der Waals surface area contributed by atoms with E-state index >= 15 is 0 Å². The van der Waals surface area contributed by atoms with Gasteiger partial charge in [0, 0.05) is 24.4 Å². The van der Waals surface area contributed by atoms with Gasteiger partial charge in [-0.3, -0.25) is 4.79 Å². The Hall–Kier alpha value is -1.32. The van der Waals surface area contributed by atoms with Crippen molar-refractivity contribution in [2.45, 2.75) is 19.9 Å². The second kappa shape index (κ2) is 5.55. The third kappa shape index (κ3) is 2.57. The number of aryl methyl sites for hydroxylation is 1. The van der Waals surface area contributed by atoms with Gasteiger partial charge in [0.15, 0.2) is 5.78 Å². The lowest BCUT2D eigenvalue weighted by molar-refractivity contribution is 0.0971. The number of hydrogen-bond acceptors (Lipinski definition) is 2. The van der Waals surface area contributed by atoms with Crippen molar-refractivity contribution in [3.63, 3.8) is 0 Å². The first-order valence-electron chi connectivity index (χ1n) is 5.60. The van der Waals surface area contributed by atoms with Gasteiger partial charge in [-0.05, 0) is 12.1 Å². The maximum atomic E-state index is 12.2. The number of ketones is 1. The van der Waals surface area contributed by atoms with Gasteiger partial charge in [0.2, 0.25) is 0 Å². The van der Waals surface area contributed by atoms with Gasteiger partial charge >= 0.3 is 0 Å². The zero-order chi connectivity index (χ0) is 13.1. The van der Waals surface area contributed by atoms with Gasteiger partial charge in [-0.15, -0.1) is 0 Å². The summed E-state index contributed by atoms with van der Waals surface area (Å²) in [6.45, 7) is 2.22. The average Bonchev–Trinajstić information content (AvgIpc) is 2.79.